The number of hydrogen-bond acceptors (Lipinski definition) is 3. The monoisotopic (exact) mass is 369 g/mol. The summed E-state index contributed by atoms with van der Waals surface area (Å²) >= 11 is 1.58. The topological polar surface area (TPSA) is 50.1 Å². The molecule has 1 aromatic carbocycles. The summed E-state index contributed by atoms with van der Waals surface area (Å²) < 4.78 is 43.1. The van der Waals surface area contributed by atoms with Gasteiger partial charge in [0.1, 0.15) is 0 Å². The zero-order chi connectivity index (χ0) is 13.9. The number of carbonyl (C=O) groups is 1. The average Bonchev–Trinajstić information content (AvgIpc) is 2.26. The lowest BCUT2D eigenvalue weighted by Crippen LogP contribution is -2.17. The molecule has 0 unspecified atom stereocenters. The van der Waals surface area contributed by atoms with Gasteiger partial charge < -0.3 is 4.74 Å². The van der Waals surface area contributed by atoms with Crippen molar-refractivity contribution < 1.29 is 22.7 Å². The van der Waals surface area contributed by atoms with Gasteiger partial charge in [0, 0.05) is 3.57 Å². The second-order valence-electron chi connectivity index (χ2n) is 3.21. The first-order valence-corrected chi connectivity index (χ1v) is 5.87. The highest BCUT2D eigenvalue weighted by atomic mass is 127. The van der Waals surface area contributed by atoms with Gasteiger partial charge in [-0.2, -0.15) is 18.4 Å². The van der Waals surface area contributed by atoms with Crippen molar-refractivity contribution in [1.29, 1.82) is 5.26 Å². The number of nitrogens with zero attached hydrogens (tertiary/aromatic N) is 1. The molecule has 1 rings (SSSR count). The molecule has 1 aromatic rings. The number of halogens is 4. The Kier molecular flexibility index (Phi) is 4.56. The van der Waals surface area contributed by atoms with Crippen molar-refractivity contribution in [2.24, 2.45) is 0 Å². The fourth-order valence-corrected chi connectivity index (χ4v) is 2.15. The maximum absolute atomic E-state index is 12.8. The van der Waals surface area contributed by atoms with Crippen LogP contribution in [0.4, 0.5) is 13.2 Å². The molecule has 96 valence electrons. The third-order valence-corrected chi connectivity index (χ3v) is 2.86. The van der Waals surface area contributed by atoms with Crippen molar-refractivity contribution in [3.8, 4) is 6.07 Å². The summed E-state index contributed by atoms with van der Waals surface area (Å²) in [6, 6.07) is 3.48. The lowest BCUT2D eigenvalue weighted by molar-refractivity contribution is -0.138. The minimum absolute atomic E-state index is 0.0216. The Labute approximate surface area is 115 Å². The molecule has 0 N–H and O–H groups in total. The van der Waals surface area contributed by atoms with Gasteiger partial charge in [-0.3, -0.25) is 0 Å². The summed E-state index contributed by atoms with van der Waals surface area (Å²) in [4.78, 5) is 11.5. The van der Waals surface area contributed by atoms with Crippen LogP contribution in [0.25, 0.3) is 0 Å². The number of hydrogen-bond donors (Lipinski definition) is 0. The van der Waals surface area contributed by atoms with Crippen LogP contribution in [0.1, 0.15) is 28.4 Å². The first kappa shape index (κ1) is 14.8. The van der Waals surface area contributed by atoms with E-state index >= 15 is 0 Å². The highest BCUT2D eigenvalue weighted by Gasteiger charge is 2.37. The summed E-state index contributed by atoms with van der Waals surface area (Å²) in [5, 5.41) is 8.65. The van der Waals surface area contributed by atoms with Gasteiger partial charge in [-0.15, -0.1) is 0 Å². The first-order chi connectivity index (χ1) is 8.31. The van der Waals surface area contributed by atoms with Gasteiger partial charge in [-0.25, -0.2) is 4.79 Å². The molecule has 0 atom stereocenters. The number of benzene rings is 1. The van der Waals surface area contributed by atoms with Crippen LogP contribution in [0.3, 0.4) is 0 Å². The van der Waals surface area contributed by atoms with Gasteiger partial charge in [0.25, 0.3) is 0 Å². The summed E-state index contributed by atoms with van der Waals surface area (Å²) in [5.74, 6) is -1.04. The third kappa shape index (κ3) is 3.13. The normalized spacial score (nSPS) is 10.9. The molecule has 0 aromatic heterocycles. The predicted octanol–water partition coefficient (Wildman–Crippen LogP) is 3.36. The summed E-state index contributed by atoms with van der Waals surface area (Å²) in [7, 11) is 0. The Morgan fingerprint density at radius 3 is 2.56 bits per heavy atom. The fraction of sp³-hybridized carbons (Fsp3) is 0.273. The van der Waals surface area contributed by atoms with Crippen LogP contribution in [-0.2, 0) is 10.9 Å². The Bertz CT molecular complexity index is 520. The molecular formula is C11H7F3INO2. The molecule has 0 saturated heterocycles. The van der Waals surface area contributed by atoms with Gasteiger partial charge in [0.2, 0.25) is 0 Å². The molecule has 0 aliphatic heterocycles. The van der Waals surface area contributed by atoms with Gasteiger partial charge in [-0.05, 0) is 41.6 Å². The first-order valence-electron chi connectivity index (χ1n) is 4.79. The molecular weight excluding hydrogens is 362 g/mol. The van der Waals surface area contributed by atoms with E-state index in [9.17, 15) is 18.0 Å². The van der Waals surface area contributed by atoms with Crippen LogP contribution in [0.5, 0.6) is 0 Å². The van der Waals surface area contributed by atoms with Gasteiger partial charge in [0.15, 0.2) is 0 Å². The van der Waals surface area contributed by atoms with Gasteiger partial charge in [-0.1, -0.05) is 0 Å². The molecule has 7 heteroatoms. The quantitative estimate of drug-likeness (QED) is 0.594. The van der Waals surface area contributed by atoms with E-state index in [1.54, 1.807) is 28.7 Å². The number of nitriles is 1. The molecule has 18 heavy (non-hydrogen) atoms. The van der Waals surface area contributed by atoms with Crippen molar-refractivity contribution in [1.82, 2.24) is 0 Å². The molecule has 0 saturated carbocycles. The Balaban J connectivity index is 3.49. The SMILES string of the molecule is CCOC(=O)c1c(I)cc(C#N)cc1C(F)(F)F. The number of rotatable bonds is 2. The number of carbonyl (C=O) groups excluding carboxylic acids is 1. The Hall–Kier alpha value is -1.30. The molecule has 0 amide bonds. The fourth-order valence-electron chi connectivity index (χ4n) is 1.31. The Morgan fingerprint density at radius 1 is 1.50 bits per heavy atom. The zero-order valence-electron chi connectivity index (χ0n) is 9.14. The van der Waals surface area contributed by atoms with Crippen LogP contribution in [-0.4, -0.2) is 12.6 Å². The number of alkyl halides is 3. The second-order valence-corrected chi connectivity index (χ2v) is 4.37. The van der Waals surface area contributed by atoms with Crippen molar-refractivity contribution >= 4 is 28.6 Å². The third-order valence-electron chi connectivity index (χ3n) is 2.00. The van der Waals surface area contributed by atoms with E-state index in [-0.39, 0.29) is 15.7 Å². The van der Waals surface area contributed by atoms with Crippen LogP contribution in [0.15, 0.2) is 12.1 Å². The number of esters is 1. The summed E-state index contributed by atoms with van der Waals surface area (Å²) in [6.45, 7) is 1.48. The number of ether oxygens (including phenoxy) is 1. The molecule has 3 nitrogen and oxygen atoms in total. The molecule has 0 heterocycles. The highest BCUT2D eigenvalue weighted by molar-refractivity contribution is 14.1. The average molecular weight is 369 g/mol. The van der Waals surface area contributed by atoms with Crippen molar-refractivity contribution in [2.75, 3.05) is 6.61 Å². The Morgan fingerprint density at radius 2 is 2.11 bits per heavy atom. The lowest BCUT2D eigenvalue weighted by Gasteiger charge is -2.14. The molecule has 0 radical (unpaired) electrons. The van der Waals surface area contributed by atoms with Gasteiger partial charge >= 0.3 is 12.1 Å². The van der Waals surface area contributed by atoms with Crippen molar-refractivity contribution in [3.63, 3.8) is 0 Å². The van der Waals surface area contributed by atoms with E-state index in [4.69, 9.17) is 5.26 Å². The summed E-state index contributed by atoms with van der Waals surface area (Å²) in [5.41, 5.74) is -1.85. The van der Waals surface area contributed by atoms with Crippen LogP contribution >= 0.6 is 22.6 Å². The smallest absolute Gasteiger partial charge is 0.417 e. The summed E-state index contributed by atoms with van der Waals surface area (Å²) in [6.07, 6.45) is -4.71. The van der Waals surface area contributed by atoms with E-state index in [1.807, 2.05) is 0 Å². The minimum atomic E-state index is -4.71. The van der Waals surface area contributed by atoms with Crippen molar-refractivity contribution in [2.45, 2.75) is 13.1 Å². The van der Waals surface area contributed by atoms with E-state index in [0.29, 0.717) is 6.07 Å². The van der Waals surface area contributed by atoms with E-state index in [2.05, 4.69) is 4.74 Å². The molecule has 0 aliphatic carbocycles. The molecule has 0 bridgehead atoms. The van der Waals surface area contributed by atoms with Crippen LogP contribution < -0.4 is 0 Å². The maximum Gasteiger partial charge on any atom is 0.417 e. The van der Waals surface area contributed by atoms with Crippen LogP contribution in [0, 0.1) is 14.9 Å². The van der Waals surface area contributed by atoms with E-state index in [1.165, 1.54) is 13.0 Å². The maximum atomic E-state index is 12.8. The lowest BCUT2D eigenvalue weighted by atomic mass is 10.0. The zero-order valence-corrected chi connectivity index (χ0v) is 11.3. The predicted molar refractivity (Wildman–Crippen MR) is 64.8 cm³/mol. The molecule has 0 fully saturated rings. The van der Waals surface area contributed by atoms with E-state index < -0.39 is 23.3 Å². The van der Waals surface area contributed by atoms with Gasteiger partial charge in [0.05, 0.1) is 29.4 Å². The second kappa shape index (κ2) is 5.56. The van der Waals surface area contributed by atoms with Crippen LogP contribution in [0.2, 0.25) is 0 Å². The molecule has 0 spiro atoms. The minimum Gasteiger partial charge on any atom is -0.462 e. The van der Waals surface area contributed by atoms with E-state index in [0.717, 1.165) is 0 Å². The molecule has 0 aliphatic rings. The highest BCUT2D eigenvalue weighted by Crippen LogP contribution is 2.35. The largest absolute Gasteiger partial charge is 0.462 e. The standard InChI is InChI=1S/C11H7F3INO2/c1-2-18-10(17)9-7(11(12,13)14)3-6(5-16)4-8(9)15/h3-4H,2H2,1H3. The van der Waals surface area contributed by atoms with Crippen molar-refractivity contribution in [3.05, 3.63) is 32.4 Å².